The molecule has 0 amide bonds. The molecule has 0 spiro atoms. The second-order valence-electron chi connectivity index (χ2n) is 4.05. The molecule has 0 aromatic heterocycles. The number of nitrogens with zero attached hydrogens (tertiary/aromatic N) is 1. The average Bonchev–Trinajstić information content (AvgIpc) is 2.42. The molecule has 0 aliphatic carbocycles. The van der Waals surface area contributed by atoms with Gasteiger partial charge in [-0.1, -0.05) is 6.92 Å². The van der Waals surface area contributed by atoms with E-state index < -0.39 is 4.92 Å². The molecule has 1 aromatic carbocycles. The molecule has 19 heavy (non-hydrogen) atoms. The van der Waals surface area contributed by atoms with Crippen molar-refractivity contribution < 1.29 is 14.4 Å². The van der Waals surface area contributed by atoms with Gasteiger partial charge in [0, 0.05) is 19.2 Å². The minimum Gasteiger partial charge on any atom is -0.486 e. The van der Waals surface area contributed by atoms with Crippen molar-refractivity contribution in [2.45, 2.75) is 6.92 Å². The molecule has 0 saturated heterocycles. The number of hydrogen-bond acceptors (Lipinski definition) is 6. The van der Waals surface area contributed by atoms with Crippen molar-refractivity contribution in [2.75, 3.05) is 38.2 Å². The summed E-state index contributed by atoms with van der Waals surface area (Å²) >= 11 is 0. The number of ether oxygens (including phenoxy) is 2. The van der Waals surface area contributed by atoms with Gasteiger partial charge in [-0.3, -0.25) is 10.1 Å². The van der Waals surface area contributed by atoms with Crippen LogP contribution in [0.4, 0.5) is 11.4 Å². The Labute approximate surface area is 111 Å². The largest absolute Gasteiger partial charge is 0.486 e. The van der Waals surface area contributed by atoms with Crippen molar-refractivity contribution in [3.63, 3.8) is 0 Å². The number of likely N-dealkylation sites (N-methyl/N-ethyl adjacent to an activating group) is 1. The number of nitrogens with one attached hydrogen (secondary N) is 2. The van der Waals surface area contributed by atoms with Crippen molar-refractivity contribution in [2.24, 2.45) is 0 Å². The number of fused-ring (bicyclic) bond motifs is 1. The summed E-state index contributed by atoms with van der Waals surface area (Å²) in [6.07, 6.45) is 0. The van der Waals surface area contributed by atoms with Gasteiger partial charge in [0.1, 0.15) is 18.9 Å². The Bertz CT molecular complexity index is 465. The van der Waals surface area contributed by atoms with E-state index in [-0.39, 0.29) is 5.69 Å². The van der Waals surface area contributed by atoms with Crippen molar-refractivity contribution >= 4 is 11.4 Å². The van der Waals surface area contributed by atoms with Crippen molar-refractivity contribution in [1.29, 1.82) is 0 Å². The van der Waals surface area contributed by atoms with E-state index in [1.54, 1.807) is 6.07 Å². The van der Waals surface area contributed by atoms with Gasteiger partial charge < -0.3 is 20.1 Å². The summed E-state index contributed by atoms with van der Waals surface area (Å²) < 4.78 is 10.8. The maximum atomic E-state index is 11.0. The quantitative estimate of drug-likeness (QED) is 0.460. The average molecular weight is 267 g/mol. The fourth-order valence-electron chi connectivity index (χ4n) is 1.83. The molecule has 104 valence electrons. The zero-order valence-corrected chi connectivity index (χ0v) is 10.8. The van der Waals surface area contributed by atoms with Gasteiger partial charge in [-0.25, -0.2) is 0 Å². The highest BCUT2D eigenvalue weighted by Crippen LogP contribution is 2.39. The van der Waals surface area contributed by atoms with Crippen LogP contribution in [0.2, 0.25) is 0 Å². The van der Waals surface area contributed by atoms with Gasteiger partial charge >= 0.3 is 0 Å². The summed E-state index contributed by atoms with van der Waals surface area (Å²) in [5.41, 5.74) is 0.452. The van der Waals surface area contributed by atoms with Crippen molar-refractivity contribution in [3.8, 4) is 11.5 Å². The van der Waals surface area contributed by atoms with Crippen LogP contribution in [0.1, 0.15) is 6.92 Å². The summed E-state index contributed by atoms with van der Waals surface area (Å²) in [5.74, 6) is 0.970. The third-order valence-corrected chi connectivity index (χ3v) is 2.72. The Balaban J connectivity index is 2.17. The predicted molar refractivity (Wildman–Crippen MR) is 71.1 cm³/mol. The first kappa shape index (κ1) is 13.4. The molecule has 1 aromatic rings. The molecule has 0 atom stereocenters. The van der Waals surface area contributed by atoms with Crippen LogP contribution in [-0.4, -0.2) is 37.8 Å². The van der Waals surface area contributed by atoms with Gasteiger partial charge in [0.2, 0.25) is 0 Å². The molecule has 1 aliphatic heterocycles. The first-order valence-corrected chi connectivity index (χ1v) is 6.25. The van der Waals surface area contributed by atoms with Crippen LogP contribution in [-0.2, 0) is 0 Å². The number of benzene rings is 1. The summed E-state index contributed by atoms with van der Waals surface area (Å²) in [7, 11) is 0. The van der Waals surface area contributed by atoms with E-state index >= 15 is 0 Å². The minimum absolute atomic E-state index is 0.000693. The van der Waals surface area contributed by atoms with Crippen LogP contribution < -0.4 is 20.1 Å². The van der Waals surface area contributed by atoms with E-state index in [1.165, 1.54) is 6.07 Å². The molecular formula is C12H17N3O4. The maximum Gasteiger partial charge on any atom is 0.296 e. The van der Waals surface area contributed by atoms with E-state index in [0.29, 0.717) is 36.9 Å². The monoisotopic (exact) mass is 267 g/mol. The minimum atomic E-state index is -0.423. The third-order valence-electron chi connectivity index (χ3n) is 2.72. The van der Waals surface area contributed by atoms with Crippen molar-refractivity contribution in [3.05, 3.63) is 22.2 Å². The molecule has 0 unspecified atom stereocenters. The first-order valence-electron chi connectivity index (χ1n) is 6.25. The normalized spacial score (nSPS) is 13.1. The zero-order chi connectivity index (χ0) is 13.7. The summed E-state index contributed by atoms with van der Waals surface area (Å²) in [6.45, 7) is 5.09. The van der Waals surface area contributed by atoms with E-state index in [1.807, 2.05) is 6.92 Å². The highest BCUT2D eigenvalue weighted by atomic mass is 16.6. The van der Waals surface area contributed by atoms with Crippen LogP contribution in [0.3, 0.4) is 0 Å². The van der Waals surface area contributed by atoms with Crippen LogP contribution in [0.15, 0.2) is 12.1 Å². The van der Waals surface area contributed by atoms with Crippen LogP contribution >= 0.6 is 0 Å². The molecule has 0 radical (unpaired) electrons. The van der Waals surface area contributed by atoms with E-state index in [4.69, 9.17) is 9.47 Å². The molecule has 7 heteroatoms. The summed E-state index contributed by atoms with van der Waals surface area (Å²) in [6, 6.07) is 3.03. The number of anilines is 1. The fourth-order valence-corrected chi connectivity index (χ4v) is 1.83. The van der Waals surface area contributed by atoms with Crippen LogP contribution in [0.25, 0.3) is 0 Å². The number of nitro benzene ring substituents is 1. The van der Waals surface area contributed by atoms with Gasteiger partial charge in [-0.2, -0.15) is 0 Å². The lowest BCUT2D eigenvalue weighted by Crippen LogP contribution is -2.22. The van der Waals surface area contributed by atoms with E-state index in [2.05, 4.69) is 10.6 Å². The predicted octanol–water partition coefficient (Wildman–Crippen LogP) is 1.39. The van der Waals surface area contributed by atoms with Gasteiger partial charge in [-0.05, 0) is 6.54 Å². The summed E-state index contributed by atoms with van der Waals surface area (Å²) in [4.78, 5) is 10.6. The van der Waals surface area contributed by atoms with Crippen LogP contribution in [0, 0.1) is 10.1 Å². The molecule has 7 nitrogen and oxygen atoms in total. The van der Waals surface area contributed by atoms with Crippen LogP contribution in [0.5, 0.6) is 11.5 Å². The molecule has 0 saturated carbocycles. The Kier molecular flexibility index (Phi) is 4.40. The number of rotatable bonds is 6. The molecular weight excluding hydrogens is 250 g/mol. The SMILES string of the molecule is CCNCCNc1cc2c(cc1[N+](=O)[O-])OCCO2. The topological polar surface area (TPSA) is 85.7 Å². The molecule has 1 heterocycles. The molecule has 0 bridgehead atoms. The standard InChI is InChI=1S/C12H17N3O4/c1-2-13-3-4-14-9-7-11-12(19-6-5-18-11)8-10(9)15(16)17/h7-8,13-14H,2-6H2,1H3. The molecule has 1 aliphatic rings. The maximum absolute atomic E-state index is 11.0. The second kappa shape index (κ2) is 6.24. The lowest BCUT2D eigenvalue weighted by molar-refractivity contribution is -0.384. The Morgan fingerprint density at radius 2 is 1.95 bits per heavy atom. The van der Waals surface area contributed by atoms with Gasteiger partial charge in [0.15, 0.2) is 11.5 Å². The van der Waals surface area contributed by atoms with Crippen molar-refractivity contribution in [1.82, 2.24) is 5.32 Å². The lowest BCUT2D eigenvalue weighted by atomic mass is 10.2. The Hall–Kier alpha value is -2.02. The number of nitro groups is 1. The summed E-state index contributed by atoms with van der Waals surface area (Å²) in [5, 5.41) is 17.2. The fraction of sp³-hybridized carbons (Fsp3) is 0.500. The lowest BCUT2D eigenvalue weighted by Gasteiger charge is -2.19. The first-order chi connectivity index (χ1) is 9.22. The van der Waals surface area contributed by atoms with E-state index in [9.17, 15) is 10.1 Å². The number of hydrogen-bond donors (Lipinski definition) is 2. The molecule has 0 fully saturated rings. The van der Waals surface area contributed by atoms with Gasteiger partial charge in [0.25, 0.3) is 5.69 Å². The second-order valence-corrected chi connectivity index (χ2v) is 4.05. The third kappa shape index (κ3) is 3.25. The highest BCUT2D eigenvalue weighted by Gasteiger charge is 2.21. The highest BCUT2D eigenvalue weighted by molar-refractivity contribution is 5.68. The molecule has 2 N–H and O–H groups in total. The smallest absolute Gasteiger partial charge is 0.296 e. The van der Waals surface area contributed by atoms with Gasteiger partial charge in [0.05, 0.1) is 11.0 Å². The molecule has 2 rings (SSSR count). The Morgan fingerprint density at radius 1 is 1.26 bits per heavy atom. The zero-order valence-electron chi connectivity index (χ0n) is 10.8. The van der Waals surface area contributed by atoms with Gasteiger partial charge in [-0.15, -0.1) is 0 Å². The van der Waals surface area contributed by atoms with E-state index in [0.717, 1.165) is 13.1 Å². The Morgan fingerprint density at radius 3 is 2.58 bits per heavy atom.